The molecule has 0 fully saturated rings. The summed E-state index contributed by atoms with van der Waals surface area (Å²) in [4.78, 5) is 27.1. The second-order valence-electron chi connectivity index (χ2n) is 7.41. The number of likely N-dealkylation sites (N-methyl/N-ethyl adjacent to an activating group) is 1. The van der Waals surface area contributed by atoms with E-state index in [1.54, 1.807) is 50.4 Å². The van der Waals surface area contributed by atoms with E-state index in [0.717, 1.165) is 21.7 Å². The number of hydrogen-bond donors (Lipinski definition) is 1. The Morgan fingerprint density at radius 3 is 2.25 bits per heavy atom. The van der Waals surface area contributed by atoms with Crippen molar-refractivity contribution < 1.29 is 22.7 Å². The SMILES string of the molecule is CCc1ccccc1N(CC(=O)N(Cc1ccc(OC)cc1)[C@H](C)C(=O)NC)S(C)(=O)=O. The van der Waals surface area contributed by atoms with Crippen LogP contribution in [0.2, 0.25) is 0 Å². The van der Waals surface area contributed by atoms with E-state index in [9.17, 15) is 18.0 Å². The fourth-order valence-electron chi connectivity index (χ4n) is 3.37. The Morgan fingerprint density at radius 1 is 1.09 bits per heavy atom. The molecule has 8 nitrogen and oxygen atoms in total. The molecule has 0 saturated carbocycles. The third-order valence-corrected chi connectivity index (χ3v) is 6.37. The van der Waals surface area contributed by atoms with Gasteiger partial charge in [-0.2, -0.15) is 0 Å². The molecule has 2 rings (SSSR count). The van der Waals surface area contributed by atoms with Crippen LogP contribution in [0, 0.1) is 0 Å². The van der Waals surface area contributed by atoms with Crippen LogP contribution in [0.4, 0.5) is 5.69 Å². The van der Waals surface area contributed by atoms with Crippen LogP contribution in [0.15, 0.2) is 48.5 Å². The first-order valence-electron chi connectivity index (χ1n) is 10.3. The lowest BCUT2D eigenvalue weighted by molar-refractivity contribution is -0.139. The fourth-order valence-corrected chi connectivity index (χ4v) is 4.25. The first kappa shape index (κ1) is 25.2. The largest absolute Gasteiger partial charge is 0.497 e. The lowest BCUT2D eigenvalue weighted by atomic mass is 10.1. The minimum Gasteiger partial charge on any atom is -0.497 e. The van der Waals surface area contributed by atoms with Crippen molar-refractivity contribution in [2.45, 2.75) is 32.9 Å². The molecule has 2 aromatic carbocycles. The number of anilines is 1. The van der Waals surface area contributed by atoms with Gasteiger partial charge in [0.1, 0.15) is 18.3 Å². The summed E-state index contributed by atoms with van der Waals surface area (Å²) in [6, 6.07) is 13.4. The highest BCUT2D eigenvalue weighted by Crippen LogP contribution is 2.24. The van der Waals surface area contributed by atoms with Crippen molar-refractivity contribution in [2.75, 3.05) is 31.3 Å². The number of nitrogens with zero attached hydrogens (tertiary/aromatic N) is 2. The molecule has 0 bridgehead atoms. The summed E-state index contributed by atoms with van der Waals surface area (Å²) in [6.45, 7) is 3.27. The van der Waals surface area contributed by atoms with Crippen LogP contribution in [0.5, 0.6) is 5.75 Å². The molecule has 0 aliphatic heterocycles. The summed E-state index contributed by atoms with van der Waals surface area (Å²) in [6.07, 6.45) is 1.68. The minimum atomic E-state index is -3.74. The highest BCUT2D eigenvalue weighted by atomic mass is 32.2. The topological polar surface area (TPSA) is 96.0 Å². The van der Waals surface area contributed by atoms with E-state index in [1.165, 1.54) is 11.9 Å². The predicted molar refractivity (Wildman–Crippen MR) is 125 cm³/mol. The molecule has 0 heterocycles. The zero-order valence-electron chi connectivity index (χ0n) is 19.2. The third-order valence-electron chi connectivity index (χ3n) is 5.25. The van der Waals surface area contributed by atoms with Crippen LogP contribution in [-0.2, 0) is 32.6 Å². The van der Waals surface area contributed by atoms with Crippen molar-refractivity contribution in [3.63, 3.8) is 0 Å². The van der Waals surface area contributed by atoms with Crippen molar-refractivity contribution in [1.82, 2.24) is 10.2 Å². The Hall–Kier alpha value is -3.07. The van der Waals surface area contributed by atoms with Crippen LogP contribution in [-0.4, -0.2) is 58.1 Å². The fraction of sp³-hybridized carbons (Fsp3) is 0.391. The molecule has 0 spiro atoms. The maximum atomic E-state index is 13.4. The van der Waals surface area contributed by atoms with Crippen LogP contribution in [0.25, 0.3) is 0 Å². The van der Waals surface area contributed by atoms with Gasteiger partial charge in [0, 0.05) is 13.6 Å². The lowest BCUT2D eigenvalue weighted by Crippen LogP contribution is -2.50. The molecule has 1 N–H and O–H groups in total. The van der Waals surface area contributed by atoms with Crippen molar-refractivity contribution >= 4 is 27.5 Å². The number of rotatable bonds is 10. The number of methoxy groups -OCH3 is 1. The molecule has 0 aromatic heterocycles. The molecular formula is C23H31N3O5S. The minimum absolute atomic E-state index is 0.143. The summed E-state index contributed by atoms with van der Waals surface area (Å²) in [5.74, 6) is -0.148. The van der Waals surface area contributed by atoms with Gasteiger partial charge in [-0.15, -0.1) is 0 Å². The van der Waals surface area contributed by atoms with E-state index in [2.05, 4.69) is 5.32 Å². The molecule has 2 amide bonds. The summed E-state index contributed by atoms with van der Waals surface area (Å²) >= 11 is 0. The summed E-state index contributed by atoms with van der Waals surface area (Å²) < 4.78 is 31.5. The number of ether oxygens (including phenoxy) is 1. The van der Waals surface area contributed by atoms with Gasteiger partial charge in [-0.25, -0.2) is 8.42 Å². The second kappa shape index (κ2) is 11.0. The standard InChI is InChI=1S/C23H31N3O5S/c1-6-19-9-7-8-10-21(19)26(32(5,29)30)16-22(27)25(17(2)23(28)24-3)15-18-11-13-20(31-4)14-12-18/h7-14,17H,6,15-16H2,1-5H3,(H,24,28)/t17-/m1/s1. The maximum absolute atomic E-state index is 13.4. The number of aryl methyl sites for hydroxylation is 1. The van der Waals surface area contributed by atoms with E-state index in [4.69, 9.17) is 4.74 Å². The first-order chi connectivity index (χ1) is 15.1. The molecule has 0 aliphatic rings. The number of hydrogen-bond acceptors (Lipinski definition) is 5. The van der Waals surface area contributed by atoms with Crippen molar-refractivity contribution in [1.29, 1.82) is 0 Å². The highest BCUT2D eigenvalue weighted by molar-refractivity contribution is 7.92. The first-order valence-corrected chi connectivity index (χ1v) is 12.2. The van der Waals surface area contributed by atoms with Crippen LogP contribution in [0.1, 0.15) is 25.0 Å². The van der Waals surface area contributed by atoms with Gasteiger partial charge in [0.05, 0.1) is 19.1 Å². The lowest BCUT2D eigenvalue weighted by Gasteiger charge is -2.31. The molecule has 174 valence electrons. The van der Waals surface area contributed by atoms with Gasteiger partial charge < -0.3 is 15.0 Å². The van der Waals surface area contributed by atoms with E-state index in [1.807, 2.05) is 19.1 Å². The number of amides is 2. The second-order valence-corrected chi connectivity index (χ2v) is 9.32. The molecule has 0 saturated heterocycles. The molecular weight excluding hydrogens is 430 g/mol. The number of carbonyl (C=O) groups is 2. The van der Waals surface area contributed by atoms with Gasteiger partial charge in [-0.3, -0.25) is 13.9 Å². The predicted octanol–water partition coefficient (Wildman–Crippen LogP) is 2.19. The Bertz CT molecular complexity index is 1040. The van der Waals surface area contributed by atoms with Crippen molar-refractivity contribution in [2.24, 2.45) is 0 Å². The molecule has 1 atom stereocenters. The smallest absolute Gasteiger partial charge is 0.244 e. The number of benzene rings is 2. The van der Waals surface area contributed by atoms with Gasteiger partial charge >= 0.3 is 0 Å². The van der Waals surface area contributed by atoms with Gasteiger partial charge in [0.2, 0.25) is 21.8 Å². The average Bonchev–Trinajstić information content (AvgIpc) is 2.79. The normalized spacial score (nSPS) is 12.0. The van der Waals surface area contributed by atoms with E-state index < -0.39 is 28.5 Å². The monoisotopic (exact) mass is 461 g/mol. The van der Waals surface area contributed by atoms with E-state index >= 15 is 0 Å². The Kier molecular flexibility index (Phi) is 8.65. The number of para-hydroxylation sites is 1. The maximum Gasteiger partial charge on any atom is 0.244 e. The Labute approximate surface area is 190 Å². The van der Waals surface area contributed by atoms with E-state index in [-0.39, 0.29) is 12.5 Å². The Balaban J connectivity index is 2.40. The molecule has 2 aromatic rings. The average molecular weight is 462 g/mol. The van der Waals surface area contributed by atoms with Crippen LogP contribution < -0.4 is 14.4 Å². The number of sulfonamides is 1. The molecule has 0 radical (unpaired) electrons. The third kappa shape index (κ3) is 6.23. The zero-order chi connectivity index (χ0) is 23.9. The summed E-state index contributed by atoms with van der Waals surface area (Å²) in [7, 11) is -0.687. The highest BCUT2D eigenvalue weighted by Gasteiger charge is 2.30. The molecule has 9 heteroatoms. The van der Waals surface area contributed by atoms with Gasteiger partial charge in [-0.05, 0) is 42.7 Å². The Morgan fingerprint density at radius 2 is 1.72 bits per heavy atom. The van der Waals surface area contributed by atoms with Gasteiger partial charge in [0.15, 0.2) is 0 Å². The van der Waals surface area contributed by atoms with Crippen LogP contribution >= 0.6 is 0 Å². The van der Waals surface area contributed by atoms with Crippen molar-refractivity contribution in [3.8, 4) is 5.75 Å². The van der Waals surface area contributed by atoms with Crippen molar-refractivity contribution in [3.05, 3.63) is 59.7 Å². The number of nitrogens with one attached hydrogen (secondary N) is 1. The van der Waals surface area contributed by atoms with Gasteiger partial charge in [0.25, 0.3) is 0 Å². The molecule has 0 aliphatic carbocycles. The van der Waals surface area contributed by atoms with Crippen LogP contribution in [0.3, 0.4) is 0 Å². The number of carbonyl (C=O) groups excluding carboxylic acids is 2. The quantitative estimate of drug-likeness (QED) is 0.585. The van der Waals surface area contributed by atoms with E-state index in [0.29, 0.717) is 17.9 Å². The summed E-state index contributed by atoms with van der Waals surface area (Å²) in [5.41, 5.74) is 2.06. The summed E-state index contributed by atoms with van der Waals surface area (Å²) in [5, 5.41) is 2.55. The zero-order valence-corrected chi connectivity index (χ0v) is 20.0. The molecule has 32 heavy (non-hydrogen) atoms. The van der Waals surface area contributed by atoms with Gasteiger partial charge in [-0.1, -0.05) is 37.3 Å². The molecule has 0 unspecified atom stereocenters.